The Hall–Kier alpha value is -1.93. The number of hydrogen-bond donors (Lipinski definition) is 2. The van der Waals surface area contributed by atoms with Gasteiger partial charge in [-0.2, -0.15) is 0 Å². The number of sulfonamides is 1. The standard InChI is InChI=1S/C15H20N2O5S/c1-10(2)17(9-14(18)19)15(20)11-4-3-5-13(8-11)23(21,22)16-12-6-7-12/h3-5,8,10,12,16H,6-7,9H2,1-2H3,(H,18,19). The van der Waals surface area contributed by atoms with Gasteiger partial charge in [0.1, 0.15) is 6.54 Å². The Morgan fingerprint density at radius 1 is 1.35 bits per heavy atom. The van der Waals surface area contributed by atoms with Gasteiger partial charge in [-0.15, -0.1) is 0 Å². The predicted octanol–water partition coefficient (Wildman–Crippen LogP) is 1.06. The molecule has 1 saturated carbocycles. The third kappa shape index (κ3) is 4.52. The molecule has 0 saturated heterocycles. The van der Waals surface area contributed by atoms with E-state index in [-0.39, 0.29) is 22.5 Å². The maximum atomic E-state index is 12.5. The smallest absolute Gasteiger partial charge is 0.323 e. The van der Waals surface area contributed by atoms with E-state index in [1.165, 1.54) is 29.2 Å². The van der Waals surface area contributed by atoms with Crippen LogP contribution < -0.4 is 4.72 Å². The van der Waals surface area contributed by atoms with Crippen LogP contribution in [0.2, 0.25) is 0 Å². The van der Waals surface area contributed by atoms with E-state index >= 15 is 0 Å². The molecule has 1 aliphatic carbocycles. The van der Waals surface area contributed by atoms with Gasteiger partial charge in [-0.3, -0.25) is 9.59 Å². The van der Waals surface area contributed by atoms with Crippen LogP contribution in [0.1, 0.15) is 37.0 Å². The molecule has 1 aromatic carbocycles. The first-order chi connectivity index (χ1) is 10.7. The minimum absolute atomic E-state index is 0.00859. The summed E-state index contributed by atoms with van der Waals surface area (Å²) in [7, 11) is -3.66. The summed E-state index contributed by atoms with van der Waals surface area (Å²) in [5, 5.41) is 8.92. The number of nitrogens with zero attached hydrogens (tertiary/aromatic N) is 1. The van der Waals surface area contributed by atoms with E-state index in [0.29, 0.717) is 0 Å². The van der Waals surface area contributed by atoms with Gasteiger partial charge in [0.2, 0.25) is 10.0 Å². The molecule has 8 heteroatoms. The van der Waals surface area contributed by atoms with Crippen LogP contribution in [0, 0.1) is 0 Å². The van der Waals surface area contributed by atoms with E-state index in [1.807, 2.05) is 0 Å². The average Bonchev–Trinajstić information content (AvgIpc) is 3.27. The normalized spacial score (nSPS) is 14.7. The molecule has 2 rings (SSSR count). The molecule has 0 bridgehead atoms. The zero-order valence-corrected chi connectivity index (χ0v) is 13.8. The molecule has 1 aliphatic rings. The Kier molecular flexibility index (Phi) is 5.06. The highest BCUT2D eigenvalue weighted by Crippen LogP contribution is 2.22. The molecule has 0 spiro atoms. The molecule has 1 fully saturated rings. The largest absolute Gasteiger partial charge is 0.480 e. The van der Waals surface area contributed by atoms with Crippen molar-refractivity contribution in [2.45, 2.75) is 43.7 Å². The molecule has 0 heterocycles. The first-order valence-corrected chi connectivity index (χ1v) is 8.84. The number of benzene rings is 1. The summed E-state index contributed by atoms with van der Waals surface area (Å²) in [5.41, 5.74) is 0.152. The summed E-state index contributed by atoms with van der Waals surface area (Å²) in [6.07, 6.45) is 1.63. The minimum atomic E-state index is -3.66. The van der Waals surface area contributed by atoms with Crippen molar-refractivity contribution in [3.8, 4) is 0 Å². The van der Waals surface area contributed by atoms with Gasteiger partial charge in [0.05, 0.1) is 4.90 Å². The van der Waals surface area contributed by atoms with Gasteiger partial charge >= 0.3 is 5.97 Å². The van der Waals surface area contributed by atoms with Crippen LogP contribution in [0.5, 0.6) is 0 Å². The Morgan fingerprint density at radius 2 is 2.00 bits per heavy atom. The van der Waals surface area contributed by atoms with Gasteiger partial charge in [0.25, 0.3) is 5.91 Å². The van der Waals surface area contributed by atoms with Gasteiger partial charge in [-0.1, -0.05) is 6.07 Å². The Morgan fingerprint density at radius 3 is 2.52 bits per heavy atom. The van der Waals surface area contributed by atoms with E-state index < -0.39 is 28.4 Å². The third-order valence-corrected chi connectivity index (χ3v) is 5.00. The van der Waals surface area contributed by atoms with Crippen molar-refractivity contribution in [3.05, 3.63) is 29.8 Å². The monoisotopic (exact) mass is 340 g/mol. The van der Waals surface area contributed by atoms with Crippen molar-refractivity contribution in [3.63, 3.8) is 0 Å². The summed E-state index contributed by atoms with van der Waals surface area (Å²) < 4.78 is 27.0. The molecule has 0 aliphatic heterocycles. The quantitative estimate of drug-likeness (QED) is 0.772. The molecule has 0 unspecified atom stereocenters. The van der Waals surface area contributed by atoms with Crippen LogP contribution in [-0.2, 0) is 14.8 Å². The molecule has 7 nitrogen and oxygen atoms in total. The van der Waals surface area contributed by atoms with E-state index in [0.717, 1.165) is 12.8 Å². The van der Waals surface area contributed by atoms with Gasteiger partial charge in [0, 0.05) is 17.6 Å². The first-order valence-electron chi connectivity index (χ1n) is 7.36. The van der Waals surface area contributed by atoms with E-state index in [1.54, 1.807) is 13.8 Å². The van der Waals surface area contributed by atoms with E-state index in [4.69, 9.17) is 5.11 Å². The Balaban J connectivity index is 2.27. The van der Waals surface area contributed by atoms with E-state index in [2.05, 4.69) is 4.72 Å². The molecule has 1 aromatic rings. The van der Waals surface area contributed by atoms with Crippen LogP contribution in [-0.4, -0.2) is 48.9 Å². The Bertz CT molecular complexity index is 710. The summed E-state index contributed by atoms with van der Waals surface area (Å²) >= 11 is 0. The average molecular weight is 340 g/mol. The highest BCUT2D eigenvalue weighted by atomic mass is 32.2. The fourth-order valence-electron chi connectivity index (χ4n) is 2.09. The molecule has 2 N–H and O–H groups in total. The zero-order valence-electron chi connectivity index (χ0n) is 13.0. The number of carbonyl (C=O) groups is 2. The topological polar surface area (TPSA) is 104 Å². The maximum absolute atomic E-state index is 12.5. The lowest BCUT2D eigenvalue weighted by atomic mass is 10.1. The molecule has 0 aromatic heterocycles. The number of hydrogen-bond acceptors (Lipinski definition) is 4. The van der Waals surface area contributed by atoms with Gasteiger partial charge in [-0.25, -0.2) is 13.1 Å². The van der Waals surface area contributed by atoms with Crippen molar-refractivity contribution in [2.75, 3.05) is 6.54 Å². The highest BCUT2D eigenvalue weighted by molar-refractivity contribution is 7.89. The fourth-order valence-corrected chi connectivity index (χ4v) is 3.44. The molecule has 23 heavy (non-hydrogen) atoms. The second-order valence-corrected chi connectivity index (χ2v) is 7.56. The van der Waals surface area contributed by atoms with Crippen molar-refractivity contribution < 1.29 is 23.1 Å². The lowest BCUT2D eigenvalue weighted by Crippen LogP contribution is -2.40. The summed E-state index contributed by atoms with van der Waals surface area (Å²) in [4.78, 5) is 24.6. The SMILES string of the molecule is CC(C)N(CC(=O)O)C(=O)c1cccc(S(=O)(=O)NC2CC2)c1. The lowest BCUT2D eigenvalue weighted by molar-refractivity contribution is -0.138. The molecule has 126 valence electrons. The van der Waals surface area contributed by atoms with Crippen molar-refractivity contribution in [1.29, 1.82) is 0 Å². The summed E-state index contributed by atoms with van der Waals surface area (Å²) in [5.74, 6) is -1.63. The highest BCUT2D eigenvalue weighted by Gasteiger charge is 2.29. The molecule has 1 amide bonds. The van der Waals surface area contributed by atoms with E-state index in [9.17, 15) is 18.0 Å². The minimum Gasteiger partial charge on any atom is -0.480 e. The van der Waals surface area contributed by atoms with Crippen molar-refractivity contribution >= 4 is 21.9 Å². The molecule has 0 atom stereocenters. The van der Waals surface area contributed by atoms with Gasteiger partial charge in [-0.05, 0) is 44.9 Å². The first kappa shape index (κ1) is 17.4. The number of amides is 1. The predicted molar refractivity (Wildman–Crippen MR) is 83.6 cm³/mol. The lowest BCUT2D eigenvalue weighted by Gasteiger charge is -2.25. The van der Waals surface area contributed by atoms with Crippen LogP contribution in [0.3, 0.4) is 0 Å². The molecular weight excluding hydrogens is 320 g/mol. The maximum Gasteiger partial charge on any atom is 0.323 e. The number of rotatable bonds is 7. The number of carboxylic acid groups (broad SMARTS) is 1. The number of carboxylic acids is 1. The van der Waals surface area contributed by atoms with Gasteiger partial charge < -0.3 is 10.0 Å². The van der Waals surface area contributed by atoms with Crippen molar-refractivity contribution in [2.24, 2.45) is 0 Å². The van der Waals surface area contributed by atoms with Crippen LogP contribution >= 0.6 is 0 Å². The number of aliphatic carboxylic acids is 1. The van der Waals surface area contributed by atoms with Crippen LogP contribution in [0.4, 0.5) is 0 Å². The molecule has 0 radical (unpaired) electrons. The third-order valence-electron chi connectivity index (χ3n) is 3.48. The summed E-state index contributed by atoms with van der Waals surface area (Å²) in [6.45, 7) is 2.97. The Labute approximate surface area is 135 Å². The molecular formula is C15H20N2O5S. The van der Waals surface area contributed by atoms with Crippen molar-refractivity contribution in [1.82, 2.24) is 9.62 Å². The fraction of sp³-hybridized carbons (Fsp3) is 0.467. The second kappa shape index (κ2) is 6.67. The number of nitrogens with one attached hydrogen (secondary N) is 1. The van der Waals surface area contributed by atoms with Gasteiger partial charge in [0.15, 0.2) is 0 Å². The summed E-state index contributed by atoms with van der Waals surface area (Å²) in [6, 6.07) is 5.31. The number of carbonyl (C=O) groups excluding carboxylic acids is 1. The second-order valence-electron chi connectivity index (χ2n) is 5.84. The zero-order chi connectivity index (χ0) is 17.2. The van der Waals surface area contributed by atoms with Crippen LogP contribution in [0.25, 0.3) is 0 Å². The van der Waals surface area contributed by atoms with Crippen LogP contribution in [0.15, 0.2) is 29.2 Å².